The maximum atomic E-state index is 12.7. The van der Waals surface area contributed by atoms with Gasteiger partial charge < -0.3 is 9.84 Å². The van der Waals surface area contributed by atoms with Crippen LogP contribution in [0, 0.1) is 0 Å². The number of aromatic nitrogens is 2. The van der Waals surface area contributed by atoms with Crippen molar-refractivity contribution in [2.75, 3.05) is 0 Å². The standard InChI is InChI=1S/C16H20F3N3O/c1-4-14-21-15(23-22-14)11(3)20-10(2)8-12-6-5-7-13(9-12)16(17,18)19/h5-7,9-11,20H,4,8H2,1-3H3/t10-,11+/m1/s1. The van der Waals surface area contributed by atoms with Crippen molar-refractivity contribution >= 4 is 0 Å². The molecule has 0 saturated carbocycles. The fourth-order valence-electron chi connectivity index (χ4n) is 2.37. The molecule has 0 amide bonds. The molecule has 0 aliphatic rings. The number of hydrogen-bond donors (Lipinski definition) is 1. The molecule has 0 aliphatic heterocycles. The van der Waals surface area contributed by atoms with Crippen LogP contribution >= 0.6 is 0 Å². The summed E-state index contributed by atoms with van der Waals surface area (Å²) >= 11 is 0. The van der Waals surface area contributed by atoms with Crippen molar-refractivity contribution < 1.29 is 17.7 Å². The van der Waals surface area contributed by atoms with Gasteiger partial charge in [0.15, 0.2) is 5.82 Å². The van der Waals surface area contributed by atoms with Crippen LogP contribution in [0.25, 0.3) is 0 Å². The van der Waals surface area contributed by atoms with Gasteiger partial charge in [-0.3, -0.25) is 0 Å². The van der Waals surface area contributed by atoms with Gasteiger partial charge in [0.1, 0.15) is 0 Å². The second kappa shape index (κ2) is 7.12. The average molecular weight is 327 g/mol. The summed E-state index contributed by atoms with van der Waals surface area (Å²) < 4.78 is 43.3. The van der Waals surface area contributed by atoms with Gasteiger partial charge >= 0.3 is 6.18 Å². The maximum absolute atomic E-state index is 12.7. The topological polar surface area (TPSA) is 51.0 Å². The lowest BCUT2D eigenvalue weighted by Gasteiger charge is -2.18. The van der Waals surface area contributed by atoms with E-state index in [-0.39, 0.29) is 12.1 Å². The first-order chi connectivity index (χ1) is 10.8. The lowest BCUT2D eigenvalue weighted by atomic mass is 10.0. The predicted molar refractivity (Wildman–Crippen MR) is 79.8 cm³/mol. The zero-order valence-electron chi connectivity index (χ0n) is 13.3. The summed E-state index contributed by atoms with van der Waals surface area (Å²) in [5, 5.41) is 7.10. The number of benzene rings is 1. The smallest absolute Gasteiger partial charge is 0.338 e. The van der Waals surface area contributed by atoms with E-state index >= 15 is 0 Å². The Bertz CT molecular complexity index is 639. The Balaban J connectivity index is 1.97. The van der Waals surface area contributed by atoms with Crippen molar-refractivity contribution in [3.63, 3.8) is 0 Å². The van der Waals surface area contributed by atoms with Crippen molar-refractivity contribution in [1.82, 2.24) is 15.5 Å². The number of halogens is 3. The van der Waals surface area contributed by atoms with Gasteiger partial charge in [0.2, 0.25) is 5.89 Å². The minimum absolute atomic E-state index is 0.0366. The molecule has 7 heteroatoms. The Kier molecular flexibility index (Phi) is 5.41. The van der Waals surface area contributed by atoms with E-state index in [0.717, 1.165) is 6.07 Å². The van der Waals surface area contributed by atoms with Crippen LogP contribution in [0.15, 0.2) is 28.8 Å². The van der Waals surface area contributed by atoms with E-state index < -0.39 is 11.7 Å². The molecule has 1 aromatic heterocycles. The van der Waals surface area contributed by atoms with Gasteiger partial charge in [-0.25, -0.2) is 0 Å². The molecule has 126 valence electrons. The van der Waals surface area contributed by atoms with Crippen LogP contribution in [-0.4, -0.2) is 16.2 Å². The first-order valence-corrected chi connectivity index (χ1v) is 7.54. The van der Waals surface area contributed by atoms with E-state index in [0.29, 0.717) is 30.1 Å². The van der Waals surface area contributed by atoms with E-state index in [2.05, 4.69) is 15.5 Å². The van der Waals surface area contributed by atoms with Gasteiger partial charge in [0.05, 0.1) is 11.6 Å². The lowest BCUT2D eigenvalue weighted by molar-refractivity contribution is -0.137. The second-order valence-corrected chi connectivity index (χ2v) is 5.59. The third-order valence-electron chi connectivity index (χ3n) is 3.50. The quantitative estimate of drug-likeness (QED) is 0.873. The number of rotatable bonds is 6. The SMILES string of the molecule is CCc1noc([C@H](C)N[C@H](C)Cc2cccc(C(F)(F)F)c2)n1. The molecule has 2 atom stereocenters. The summed E-state index contributed by atoms with van der Waals surface area (Å²) in [5.74, 6) is 1.12. The largest absolute Gasteiger partial charge is 0.416 e. The predicted octanol–water partition coefficient (Wildman–Crippen LogP) is 3.93. The third-order valence-corrected chi connectivity index (χ3v) is 3.50. The highest BCUT2D eigenvalue weighted by molar-refractivity contribution is 5.26. The van der Waals surface area contributed by atoms with Crippen molar-refractivity contribution in [3.05, 3.63) is 47.1 Å². The molecule has 0 fully saturated rings. The zero-order chi connectivity index (χ0) is 17.0. The fourth-order valence-corrected chi connectivity index (χ4v) is 2.37. The molecule has 0 spiro atoms. The van der Waals surface area contributed by atoms with E-state index in [4.69, 9.17) is 4.52 Å². The van der Waals surface area contributed by atoms with Gasteiger partial charge in [-0.2, -0.15) is 18.2 Å². The number of nitrogens with zero attached hydrogens (tertiary/aromatic N) is 2. The van der Waals surface area contributed by atoms with E-state index in [1.54, 1.807) is 6.07 Å². The van der Waals surface area contributed by atoms with E-state index in [1.165, 1.54) is 12.1 Å². The molecule has 0 aliphatic carbocycles. The molecule has 1 aromatic carbocycles. The monoisotopic (exact) mass is 327 g/mol. The Morgan fingerprint density at radius 1 is 1.26 bits per heavy atom. The zero-order valence-corrected chi connectivity index (χ0v) is 13.3. The molecule has 0 radical (unpaired) electrons. The average Bonchev–Trinajstić information content (AvgIpc) is 2.95. The Morgan fingerprint density at radius 3 is 2.61 bits per heavy atom. The Labute approximate surface area is 133 Å². The lowest BCUT2D eigenvalue weighted by Crippen LogP contribution is -2.31. The van der Waals surface area contributed by atoms with E-state index in [9.17, 15) is 13.2 Å². The number of hydrogen-bond acceptors (Lipinski definition) is 4. The van der Waals surface area contributed by atoms with Crippen molar-refractivity contribution in [2.24, 2.45) is 0 Å². The molecule has 1 N–H and O–H groups in total. The number of nitrogens with one attached hydrogen (secondary N) is 1. The number of alkyl halides is 3. The highest BCUT2D eigenvalue weighted by atomic mass is 19.4. The van der Waals surface area contributed by atoms with Crippen LogP contribution in [0.3, 0.4) is 0 Å². The molecule has 2 aromatic rings. The van der Waals surface area contributed by atoms with Crippen LogP contribution in [0.5, 0.6) is 0 Å². The summed E-state index contributed by atoms with van der Waals surface area (Å²) in [6, 6.07) is 5.19. The van der Waals surface area contributed by atoms with Crippen LogP contribution in [0.1, 0.15) is 49.7 Å². The van der Waals surface area contributed by atoms with Gasteiger partial charge in [0.25, 0.3) is 0 Å². The minimum Gasteiger partial charge on any atom is -0.338 e. The molecular formula is C16H20F3N3O. The van der Waals surface area contributed by atoms with Crippen LogP contribution in [-0.2, 0) is 19.0 Å². The molecule has 1 heterocycles. The highest BCUT2D eigenvalue weighted by Gasteiger charge is 2.30. The maximum Gasteiger partial charge on any atom is 0.416 e. The van der Waals surface area contributed by atoms with Crippen molar-refractivity contribution in [2.45, 2.75) is 51.9 Å². The molecule has 0 saturated heterocycles. The van der Waals surface area contributed by atoms with Crippen molar-refractivity contribution in [3.8, 4) is 0 Å². The normalized spacial score (nSPS) is 14.7. The minimum atomic E-state index is -4.32. The van der Waals surface area contributed by atoms with Gasteiger partial charge in [-0.05, 0) is 31.9 Å². The molecule has 23 heavy (non-hydrogen) atoms. The van der Waals surface area contributed by atoms with Gasteiger partial charge in [-0.1, -0.05) is 30.3 Å². The second-order valence-electron chi connectivity index (χ2n) is 5.59. The molecular weight excluding hydrogens is 307 g/mol. The first kappa shape index (κ1) is 17.5. The molecule has 4 nitrogen and oxygen atoms in total. The molecule has 0 unspecified atom stereocenters. The summed E-state index contributed by atoms with van der Waals surface area (Å²) in [7, 11) is 0. The van der Waals surface area contributed by atoms with E-state index in [1.807, 2.05) is 20.8 Å². The third kappa shape index (κ3) is 4.79. The first-order valence-electron chi connectivity index (χ1n) is 7.54. The van der Waals surface area contributed by atoms with Crippen LogP contribution < -0.4 is 5.32 Å². The Morgan fingerprint density at radius 2 is 2.00 bits per heavy atom. The summed E-state index contributed by atoms with van der Waals surface area (Å²) in [6.07, 6.45) is -3.15. The summed E-state index contributed by atoms with van der Waals surface area (Å²) in [4.78, 5) is 4.25. The van der Waals surface area contributed by atoms with Crippen LogP contribution in [0.4, 0.5) is 13.2 Å². The van der Waals surface area contributed by atoms with Crippen molar-refractivity contribution in [1.29, 1.82) is 0 Å². The van der Waals surface area contributed by atoms with Gasteiger partial charge in [-0.15, -0.1) is 0 Å². The number of aryl methyl sites for hydroxylation is 1. The van der Waals surface area contributed by atoms with Crippen LogP contribution in [0.2, 0.25) is 0 Å². The highest BCUT2D eigenvalue weighted by Crippen LogP contribution is 2.29. The Hall–Kier alpha value is -1.89. The summed E-state index contributed by atoms with van der Waals surface area (Å²) in [6.45, 7) is 5.73. The summed E-state index contributed by atoms with van der Waals surface area (Å²) in [5.41, 5.74) is 0.00605. The van der Waals surface area contributed by atoms with Gasteiger partial charge in [0, 0.05) is 12.5 Å². The fraction of sp³-hybridized carbons (Fsp3) is 0.500. The molecule has 0 bridgehead atoms. The molecule has 2 rings (SSSR count).